The van der Waals surface area contributed by atoms with Crippen molar-refractivity contribution in [3.63, 3.8) is 0 Å². The Kier molecular flexibility index (Phi) is 5.72. The van der Waals surface area contributed by atoms with Gasteiger partial charge in [0, 0.05) is 44.5 Å². The average Bonchev–Trinajstić information content (AvgIpc) is 2.52. The number of hydrogen-bond acceptors (Lipinski definition) is 3. The fraction of sp³-hybridized carbons (Fsp3) is 0. The summed E-state index contributed by atoms with van der Waals surface area (Å²) in [6, 6.07) is 6.47. The molecule has 0 fully saturated rings. The van der Waals surface area contributed by atoms with Gasteiger partial charge < -0.3 is 16.7 Å². The number of benzene rings is 1. The summed E-state index contributed by atoms with van der Waals surface area (Å²) in [6.45, 7) is 0. The summed E-state index contributed by atoms with van der Waals surface area (Å²) >= 11 is 0. The molecule has 0 amide bonds. The summed E-state index contributed by atoms with van der Waals surface area (Å²) < 4.78 is 0.973. The van der Waals surface area contributed by atoms with Crippen LogP contribution < -0.4 is 0 Å². The fourth-order valence-electron chi connectivity index (χ4n) is 1.53. The van der Waals surface area contributed by atoms with Crippen LogP contribution in [0.4, 0.5) is 5.69 Å². The number of fused-ring (bicyclic) bond motifs is 1. The molecule has 0 saturated heterocycles. The molecule has 0 aliphatic rings. The number of nitro groups is 1. The molecule has 1 aromatic carbocycles. The van der Waals surface area contributed by atoms with Gasteiger partial charge in [-0.2, -0.15) is 0 Å². The van der Waals surface area contributed by atoms with Crippen LogP contribution in [0.25, 0.3) is 10.9 Å². The molecule has 0 spiro atoms. The average molecular weight is 303 g/mol. The minimum absolute atomic E-state index is 0. The van der Waals surface area contributed by atoms with E-state index in [-0.39, 0.29) is 51.5 Å². The minimum Gasteiger partial charge on any atom is -0.421 e. The van der Waals surface area contributed by atoms with Gasteiger partial charge in [-0.25, -0.2) is 0 Å². The summed E-state index contributed by atoms with van der Waals surface area (Å²) in [5, 5.41) is 11.1. The van der Waals surface area contributed by atoms with Crippen LogP contribution in [-0.4, -0.2) is 23.7 Å². The second kappa shape index (κ2) is 6.07. The van der Waals surface area contributed by atoms with Gasteiger partial charge in [0.25, 0.3) is 0 Å². The van der Waals surface area contributed by atoms with Gasteiger partial charge in [0.15, 0.2) is 5.69 Å². The van der Waals surface area contributed by atoms with E-state index in [9.17, 15) is 14.9 Å². The molecule has 5 nitrogen and oxygen atoms in total. The molecule has 1 heterocycles. The summed E-state index contributed by atoms with van der Waals surface area (Å²) in [4.78, 5) is 20.7. The summed E-state index contributed by atoms with van der Waals surface area (Å²) in [5.41, 5.74) is -0.119. The molecular weight excluding hydrogens is 296 g/mol. The quantitative estimate of drug-likeness (QED) is 0.364. The van der Waals surface area contributed by atoms with E-state index < -0.39 is 4.92 Å². The fourth-order valence-corrected chi connectivity index (χ4v) is 1.53. The third-order valence-electron chi connectivity index (χ3n) is 2.16. The standard InChI is InChI=1S/C9H4BN2O3.CH3.Y/c10-11-7-4-2-1-3-6(7)9(12(14)15)8(11)5-13;;/h1-4H;1H3;/q2*-1;. The maximum absolute atomic E-state index is 10.8. The minimum atomic E-state index is -0.633. The van der Waals surface area contributed by atoms with Crippen LogP contribution in [0.2, 0.25) is 0 Å². The number of nitrogens with zero attached hydrogens (tertiary/aromatic N) is 2. The zero-order chi connectivity index (χ0) is 11.0. The summed E-state index contributed by atoms with van der Waals surface area (Å²) in [7, 11) is 5.54. The first-order valence-electron chi connectivity index (χ1n) is 4.08. The van der Waals surface area contributed by atoms with Crippen LogP contribution >= 0.6 is 0 Å². The van der Waals surface area contributed by atoms with E-state index in [4.69, 9.17) is 7.98 Å². The number of rotatable bonds is 2. The molecule has 0 N–H and O–H groups in total. The Morgan fingerprint density at radius 3 is 2.47 bits per heavy atom. The summed E-state index contributed by atoms with van der Waals surface area (Å²) in [6.07, 6.45) is 1.48. The number of carbonyl (C=O) groups excluding carboxylic acids is 1. The van der Waals surface area contributed by atoms with Crippen molar-refractivity contribution in [2.24, 2.45) is 0 Å². The Hall–Kier alpha value is -1.00. The first-order valence-corrected chi connectivity index (χ1v) is 4.08. The predicted octanol–water partition coefficient (Wildman–Crippen LogP) is 1.39. The van der Waals surface area contributed by atoms with Crippen molar-refractivity contribution in [2.45, 2.75) is 0 Å². The number of para-hydroxylation sites is 1. The first-order chi connectivity index (χ1) is 7.16. The molecule has 0 aliphatic heterocycles. The van der Waals surface area contributed by atoms with Crippen LogP contribution in [0, 0.1) is 17.5 Å². The Bertz CT molecular complexity index is 568. The van der Waals surface area contributed by atoms with Crippen molar-refractivity contribution in [3.8, 4) is 0 Å². The van der Waals surface area contributed by atoms with Gasteiger partial charge in [0.05, 0.1) is 0 Å². The Labute approximate surface area is 125 Å². The van der Waals surface area contributed by atoms with Crippen LogP contribution in [0.3, 0.4) is 0 Å². The zero-order valence-corrected chi connectivity index (χ0v) is 11.9. The van der Waals surface area contributed by atoms with E-state index >= 15 is 0 Å². The molecule has 2 rings (SSSR count). The molecule has 1 aromatic heterocycles. The van der Waals surface area contributed by atoms with Gasteiger partial charge >= 0.3 is 0 Å². The van der Waals surface area contributed by atoms with Gasteiger partial charge in [-0.05, 0) is 22.1 Å². The van der Waals surface area contributed by atoms with Gasteiger partial charge in [0.2, 0.25) is 7.98 Å². The molecule has 0 aliphatic carbocycles. The molecular formula is C10H7BN2O3Y-2. The van der Waals surface area contributed by atoms with Crippen molar-refractivity contribution >= 4 is 30.9 Å². The maximum Gasteiger partial charge on any atom is 0.230 e. The van der Waals surface area contributed by atoms with E-state index in [0.717, 1.165) is 4.48 Å². The van der Waals surface area contributed by atoms with Crippen molar-refractivity contribution in [2.75, 3.05) is 0 Å². The maximum atomic E-state index is 10.8. The molecule has 83 valence electrons. The second-order valence-electron chi connectivity index (χ2n) is 2.94. The Balaban J connectivity index is 0.00000128. The molecule has 0 unspecified atom stereocenters. The topological polar surface area (TPSA) is 65.1 Å². The molecule has 17 heavy (non-hydrogen) atoms. The Morgan fingerprint density at radius 1 is 1.35 bits per heavy atom. The van der Waals surface area contributed by atoms with E-state index in [0.29, 0.717) is 10.9 Å². The second-order valence-corrected chi connectivity index (χ2v) is 2.94. The molecule has 2 aromatic rings. The molecule has 3 radical (unpaired) electrons. The zero-order valence-electron chi connectivity index (χ0n) is 9.08. The van der Waals surface area contributed by atoms with Gasteiger partial charge in [-0.1, -0.05) is 18.2 Å². The molecule has 0 bridgehead atoms. The third kappa shape index (κ3) is 2.48. The Morgan fingerprint density at radius 2 is 1.94 bits per heavy atom. The smallest absolute Gasteiger partial charge is 0.230 e. The SMILES string of the molecule is [B]n1c([C-]=O)c([N+](=O)[O-])c2ccccc21.[CH3-].[Y]. The van der Waals surface area contributed by atoms with Crippen LogP contribution in [0.1, 0.15) is 5.69 Å². The normalized spacial score (nSPS) is 9.18. The van der Waals surface area contributed by atoms with Crippen molar-refractivity contribution < 1.29 is 42.4 Å². The third-order valence-corrected chi connectivity index (χ3v) is 2.16. The van der Waals surface area contributed by atoms with Crippen molar-refractivity contribution in [1.29, 1.82) is 0 Å². The molecule has 7 heteroatoms. The first kappa shape index (κ1) is 16.0. The van der Waals surface area contributed by atoms with E-state index in [1.807, 2.05) is 0 Å². The van der Waals surface area contributed by atoms with Gasteiger partial charge in [-0.3, -0.25) is 10.1 Å². The number of aromatic nitrogens is 1. The van der Waals surface area contributed by atoms with Crippen LogP contribution in [0.15, 0.2) is 24.3 Å². The monoisotopic (exact) mass is 303 g/mol. The molecule has 0 saturated carbocycles. The predicted molar refractivity (Wildman–Crippen MR) is 61.0 cm³/mol. The van der Waals surface area contributed by atoms with E-state index in [1.54, 1.807) is 18.2 Å². The number of hydrogen-bond donors (Lipinski definition) is 0. The van der Waals surface area contributed by atoms with E-state index in [2.05, 4.69) is 0 Å². The largest absolute Gasteiger partial charge is 0.421 e. The van der Waals surface area contributed by atoms with Gasteiger partial charge in [0.1, 0.15) is 0 Å². The van der Waals surface area contributed by atoms with Crippen LogP contribution in [-0.2, 0) is 37.5 Å². The summed E-state index contributed by atoms with van der Waals surface area (Å²) in [5.74, 6) is 0. The molecule has 0 atom stereocenters. The van der Waals surface area contributed by atoms with E-state index in [1.165, 1.54) is 12.4 Å². The van der Waals surface area contributed by atoms with Crippen LogP contribution in [0.5, 0.6) is 0 Å². The van der Waals surface area contributed by atoms with Gasteiger partial charge in [-0.15, -0.1) is 0 Å². The van der Waals surface area contributed by atoms with Crippen molar-refractivity contribution in [1.82, 2.24) is 4.48 Å². The van der Waals surface area contributed by atoms with Crippen molar-refractivity contribution in [3.05, 3.63) is 47.5 Å².